The minimum Gasteiger partial charge on any atom is -0.392 e. The molecule has 7 nitrogen and oxygen atoms in total. The van der Waals surface area contributed by atoms with E-state index in [-0.39, 0.29) is 24.8 Å². The number of urea groups is 1. The van der Waals surface area contributed by atoms with E-state index >= 15 is 0 Å². The molecule has 0 radical (unpaired) electrons. The molecule has 0 saturated carbocycles. The first-order chi connectivity index (χ1) is 16.6. The van der Waals surface area contributed by atoms with Crippen molar-refractivity contribution in [1.82, 2.24) is 10.3 Å². The zero-order chi connectivity index (χ0) is 23.8. The molecule has 0 spiro atoms. The average Bonchev–Trinajstić information content (AvgIpc) is 2.88. The van der Waals surface area contributed by atoms with Crippen LogP contribution in [0.1, 0.15) is 42.4 Å². The Bertz CT molecular complexity index is 1070. The number of ether oxygens (including phenoxy) is 2. The van der Waals surface area contributed by atoms with E-state index in [1.165, 1.54) is 0 Å². The van der Waals surface area contributed by atoms with E-state index in [4.69, 9.17) is 9.47 Å². The van der Waals surface area contributed by atoms with E-state index in [2.05, 4.69) is 15.6 Å². The number of carbonyl (C=O) groups excluding carboxylic acids is 1. The summed E-state index contributed by atoms with van der Waals surface area (Å²) in [5.74, 6) is 0.735. The van der Waals surface area contributed by atoms with Gasteiger partial charge >= 0.3 is 6.03 Å². The van der Waals surface area contributed by atoms with E-state index in [0.717, 1.165) is 27.5 Å². The number of nitrogens with one attached hydrogen (secondary N) is 2. The molecule has 0 bridgehead atoms. The molecule has 2 amide bonds. The second kappa shape index (κ2) is 12.0. The fourth-order valence-corrected chi connectivity index (χ4v) is 4.61. The monoisotopic (exact) mass is 479 g/mol. The van der Waals surface area contributed by atoms with Gasteiger partial charge in [-0.3, -0.25) is 0 Å². The number of pyridine rings is 1. The molecule has 1 aliphatic heterocycles. The average molecular weight is 480 g/mol. The fourth-order valence-electron chi connectivity index (χ4n) is 3.73. The van der Waals surface area contributed by atoms with Crippen molar-refractivity contribution in [3.63, 3.8) is 0 Å². The van der Waals surface area contributed by atoms with Crippen LogP contribution in [0.5, 0.6) is 0 Å². The third-order valence-corrected chi connectivity index (χ3v) is 6.50. The van der Waals surface area contributed by atoms with Crippen LogP contribution in [-0.2, 0) is 16.1 Å². The Labute approximate surface area is 203 Å². The molecule has 1 aliphatic rings. The van der Waals surface area contributed by atoms with Gasteiger partial charge in [0.05, 0.1) is 23.8 Å². The summed E-state index contributed by atoms with van der Waals surface area (Å²) in [5.41, 5.74) is 3.40. The highest BCUT2D eigenvalue weighted by molar-refractivity contribution is 7.99. The molecule has 178 valence electrons. The molecule has 1 saturated heterocycles. The number of hydrogen-bond acceptors (Lipinski definition) is 6. The van der Waals surface area contributed by atoms with Crippen molar-refractivity contribution in [3.8, 4) is 0 Å². The van der Waals surface area contributed by atoms with Crippen LogP contribution >= 0.6 is 11.8 Å². The van der Waals surface area contributed by atoms with Crippen LogP contribution in [0, 0.1) is 0 Å². The first kappa shape index (κ1) is 24.2. The Morgan fingerprint density at radius 3 is 2.68 bits per heavy atom. The Morgan fingerprint density at radius 1 is 1.09 bits per heavy atom. The minimum atomic E-state index is -0.582. The van der Waals surface area contributed by atoms with Crippen molar-refractivity contribution in [2.75, 3.05) is 17.6 Å². The molecule has 34 heavy (non-hydrogen) atoms. The zero-order valence-electron chi connectivity index (χ0n) is 19.0. The van der Waals surface area contributed by atoms with Crippen molar-refractivity contribution in [2.24, 2.45) is 0 Å². The minimum absolute atomic E-state index is 0.00623. The molecule has 2 heterocycles. The number of nitrogens with zero attached hydrogens (tertiary/aromatic N) is 1. The zero-order valence-corrected chi connectivity index (χ0v) is 19.8. The van der Waals surface area contributed by atoms with E-state index in [9.17, 15) is 9.90 Å². The van der Waals surface area contributed by atoms with E-state index in [1.54, 1.807) is 18.0 Å². The maximum atomic E-state index is 12.0. The second-order valence-corrected chi connectivity index (χ2v) is 8.98. The van der Waals surface area contributed by atoms with Crippen LogP contribution in [-0.4, -0.2) is 34.5 Å². The number of thioether (sulfide) groups is 1. The molecule has 3 atom stereocenters. The van der Waals surface area contributed by atoms with Gasteiger partial charge in [0.2, 0.25) is 0 Å². The van der Waals surface area contributed by atoms with Gasteiger partial charge in [-0.25, -0.2) is 9.78 Å². The van der Waals surface area contributed by atoms with Crippen LogP contribution in [0.3, 0.4) is 0 Å². The molecule has 1 fully saturated rings. The first-order valence-corrected chi connectivity index (χ1v) is 12.3. The number of aliphatic hydroxyl groups is 1. The van der Waals surface area contributed by atoms with Crippen LogP contribution in [0.2, 0.25) is 0 Å². The van der Waals surface area contributed by atoms with Crippen LogP contribution < -0.4 is 10.6 Å². The summed E-state index contributed by atoms with van der Waals surface area (Å²) in [7, 11) is 0. The number of rotatable bonds is 8. The fraction of sp³-hybridized carbons (Fsp3) is 0.308. The van der Waals surface area contributed by atoms with Gasteiger partial charge in [0.1, 0.15) is 0 Å². The standard InChI is InChI=1S/C26H29N3O4S/c1-2-27-26(31)29-21-7-5-6-20(14-21)25-32-22(17-34-24-8-3-4-13-28-24)15-23(33-25)19-11-9-18(16-30)10-12-19/h3-14,22-23,25,30H,2,15-17H2,1H3,(H2,27,29,31)/t22-,23+,25+/m0/s1. The van der Waals surface area contributed by atoms with Crippen LogP contribution in [0.25, 0.3) is 0 Å². The second-order valence-electron chi connectivity index (χ2n) is 7.94. The molecule has 0 unspecified atom stereocenters. The number of carbonyl (C=O) groups is 1. The molecule has 2 aromatic carbocycles. The molecular weight excluding hydrogens is 450 g/mol. The molecule has 8 heteroatoms. The van der Waals surface area contributed by atoms with E-state index in [0.29, 0.717) is 18.7 Å². The molecular formula is C26H29N3O4S. The third-order valence-electron chi connectivity index (χ3n) is 5.42. The maximum absolute atomic E-state index is 12.0. The van der Waals surface area contributed by atoms with Gasteiger partial charge in [-0.15, -0.1) is 11.8 Å². The van der Waals surface area contributed by atoms with Crippen molar-refractivity contribution >= 4 is 23.5 Å². The molecule has 4 rings (SSSR count). The van der Waals surface area contributed by atoms with Gasteiger partial charge in [-0.2, -0.15) is 0 Å². The highest BCUT2D eigenvalue weighted by Gasteiger charge is 2.32. The Kier molecular flexibility index (Phi) is 8.54. The van der Waals surface area contributed by atoms with Crippen molar-refractivity contribution in [2.45, 2.75) is 43.5 Å². The molecule has 3 aromatic rings. The van der Waals surface area contributed by atoms with Crippen molar-refractivity contribution in [1.29, 1.82) is 0 Å². The largest absolute Gasteiger partial charge is 0.392 e. The normalized spacial score (nSPS) is 20.0. The van der Waals surface area contributed by atoms with E-state index in [1.807, 2.05) is 73.7 Å². The number of aromatic nitrogens is 1. The summed E-state index contributed by atoms with van der Waals surface area (Å²) >= 11 is 1.65. The molecule has 0 aliphatic carbocycles. The van der Waals surface area contributed by atoms with Gasteiger partial charge < -0.3 is 25.2 Å². The lowest BCUT2D eigenvalue weighted by Crippen LogP contribution is -2.31. The number of amides is 2. The SMILES string of the molecule is CCNC(=O)Nc1cccc([C@@H]2O[C@H](CSc3ccccn3)C[C@H](c3ccc(CO)cc3)O2)c1. The molecule has 1 aromatic heterocycles. The van der Waals surface area contributed by atoms with Crippen LogP contribution in [0.15, 0.2) is 78.0 Å². The first-order valence-electron chi connectivity index (χ1n) is 11.3. The van der Waals surface area contributed by atoms with Crippen molar-refractivity contribution in [3.05, 3.63) is 89.6 Å². The summed E-state index contributed by atoms with van der Waals surface area (Å²) in [6.07, 6.45) is 1.68. The lowest BCUT2D eigenvalue weighted by molar-refractivity contribution is -0.245. The molecule has 3 N–H and O–H groups in total. The van der Waals surface area contributed by atoms with Gasteiger partial charge in [0.25, 0.3) is 0 Å². The predicted octanol–water partition coefficient (Wildman–Crippen LogP) is 5.05. The summed E-state index contributed by atoms with van der Waals surface area (Å²) < 4.78 is 12.7. The number of benzene rings is 2. The van der Waals surface area contributed by atoms with Gasteiger partial charge in [-0.05, 0) is 42.3 Å². The summed E-state index contributed by atoms with van der Waals surface area (Å²) in [4.78, 5) is 16.3. The smallest absolute Gasteiger partial charge is 0.319 e. The number of aliphatic hydroxyl groups excluding tert-OH is 1. The summed E-state index contributed by atoms with van der Waals surface area (Å²) in [6, 6.07) is 21.0. The van der Waals surface area contributed by atoms with E-state index < -0.39 is 6.29 Å². The quantitative estimate of drug-likeness (QED) is 0.392. The summed E-state index contributed by atoms with van der Waals surface area (Å²) in [5, 5.41) is 15.9. The maximum Gasteiger partial charge on any atom is 0.319 e. The predicted molar refractivity (Wildman–Crippen MR) is 133 cm³/mol. The number of anilines is 1. The summed E-state index contributed by atoms with van der Waals surface area (Å²) in [6.45, 7) is 2.43. The van der Waals surface area contributed by atoms with Crippen molar-refractivity contribution < 1.29 is 19.4 Å². The highest BCUT2D eigenvalue weighted by atomic mass is 32.2. The third kappa shape index (κ3) is 6.57. The van der Waals surface area contributed by atoms with Gasteiger partial charge in [-0.1, -0.05) is 42.5 Å². The van der Waals surface area contributed by atoms with Gasteiger partial charge in [0, 0.05) is 36.2 Å². The Balaban J connectivity index is 1.53. The van der Waals surface area contributed by atoms with Crippen LogP contribution in [0.4, 0.5) is 10.5 Å². The lowest BCUT2D eigenvalue weighted by atomic mass is 10.0. The van der Waals surface area contributed by atoms with Gasteiger partial charge in [0.15, 0.2) is 6.29 Å². The lowest BCUT2D eigenvalue weighted by Gasteiger charge is -2.36. The topological polar surface area (TPSA) is 92.7 Å². The number of hydrogen-bond donors (Lipinski definition) is 3. The Hall–Kier alpha value is -2.91. The Morgan fingerprint density at radius 2 is 1.94 bits per heavy atom. The highest BCUT2D eigenvalue weighted by Crippen LogP contribution is 2.39.